The molecular formula is C10H10O4. The van der Waals surface area contributed by atoms with Crippen molar-refractivity contribution in [2.45, 2.75) is 6.92 Å². The summed E-state index contributed by atoms with van der Waals surface area (Å²) in [6.07, 6.45) is 3.29. The van der Waals surface area contributed by atoms with Gasteiger partial charge in [-0.1, -0.05) is 0 Å². The summed E-state index contributed by atoms with van der Waals surface area (Å²) in [5.74, 6) is 0.785. The third-order valence-corrected chi connectivity index (χ3v) is 1.74. The lowest BCUT2D eigenvalue weighted by atomic mass is 10.2. The van der Waals surface area contributed by atoms with Crippen molar-refractivity contribution in [3.63, 3.8) is 0 Å². The lowest BCUT2D eigenvalue weighted by Gasteiger charge is -2.04. The normalized spacial score (nSPS) is 10.4. The molecule has 14 heavy (non-hydrogen) atoms. The van der Waals surface area contributed by atoms with Gasteiger partial charge in [0.25, 0.3) is 0 Å². The zero-order chi connectivity index (χ0) is 10.6. The van der Waals surface area contributed by atoms with Crippen LogP contribution in [0.3, 0.4) is 0 Å². The third kappa shape index (κ3) is 2.10. The minimum Gasteiger partial charge on any atom is -0.496 e. The van der Waals surface area contributed by atoms with E-state index in [-0.39, 0.29) is 0 Å². The number of hydrogen-bond acceptors (Lipinski definition) is 4. The quantitative estimate of drug-likeness (QED) is 0.535. The highest BCUT2D eigenvalue weighted by atomic mass is 16.5. The van der Waals surface area contributed by atoms with Gasteiger partial charge in [0, 0.05) is 5.56 Å². The Morgan fingerprint density at radius 2 is 2.21 bits per heavy atom. The topological polar surface area (TPSA) is 56.5 Å². The summed E-state index contributed by atoms with van der Waals surface area (Å²) in [6, 6.07) is 1.26. The van der Waals surface area contributed by atoms with E-state index in [4.69, 9.17) is 9.15 Å². The Labute approximate surface area is 80.8 Å². The van der Waals surface area contributed by atoms with Crippen LogP contribution in [0.1, 0.15) is 11.3 Å². The first kappa shape index (κ1) is 10.2. The average Bonchev–Trinajstić information content (AvgIpc) is 2.18. The monoisotopic (exact) mass is 194 g/mol. The standard InChI is InChI=1S/C10H10O4/c1-7-8(4-3-5-11)14-10(12)6-9(7)13-2/h3-6H,1-2H3. The van der Waals surface area contributed by atoms with E-state index in [2.05, 4.69) is 0 Å². The second-order valence-electron chi connectivity index (χ2n) is 2.62. The minimum absolute atomic E-state index is 0.335. The number of rotatable bonds is 3. The van der Waals surface area contributed by atoms with Crippen LogP contribution in [0.2, 0.25) is 0 Å². The number of ether oxygens (including phenoxy) is 1. The van der Waals surface area contributed by atoms with Crippen molar-refractivity contribution < 1.29 is 13.9 Å². The highest BCUT2D eigenvalue weighted by molar-refractivity contribution is 5.73. The van der Waals surface area contributed by atoms with Crippen LogP contribution in [0.15, 0.2) is 21.4 Å². The Morgan fingerprint density at radius 1 is 1.50 bits per heavy atom. The van der Waals surface area contributed by atoms with Crippen molar-refractivity contribution in [2.75, 3.05) is 7.11 Å². The van der Waals surface area contributed by atoms with Crippen LogP contribution in [0.25, 0.3) is 6.08 Å². The minimum atomic E-state index is -0.502. The van der Waals surface area contributed by atoms with Crippen molar-refractivity contribution in [1.82, 2.24) is 0 Å². The van der Waals surface area contributed by atoms with Gasteiger partial charge in [0.2, 0.25) is 0 Å². The molecular weight excluding hydrogens is 184 g/mol. The van der Waals surface area contributed by atoms with Gasteiger partial charge >= 0.3 is 5.63 Å². The molecule has 0 amide bonds. The smallest absolute Gasteiger partial charge is 0.339 e. The molecule has 1 aromatic heterocycles. The Bertz CT molecular complexity index is 415. The second kappa shape index (κ2) is 4.41. The number of methoxy groups -OCH3 is 1. The molecule has 4 nitrogen and oxygen atoms in total. The summed E-state index contributed by atoms with van der Waals surface area (Å²) in [5.41, 5.74) is 0.184. The summed E-state index contributed by atoms with van der Waals surface area (Å²) in [4.78, 5) is 21.1. The number of carbonyl (C=O) groups is 1. The van der Waals surface area contributed by atoms with E-state index in [0.29, 0.717) is 23.4 Å². The first-order valence-corrected chi connectivity index (χ1v) is 3.99. The van der Waals surface area contributed by atoms with Crippen LogP contribution >= 0.6 is 0 Å². The van der Waals surface area contributed by atoms with E-state index >= 15 is 0 Å². The zero-order valence-electron chi connectivity index (χ0n) is 7.94. The maximum Gasteiger partial charge on any atom is 0.339 e. The number of allylic oxidation sites excluding steroid dienone is 1. The molecule has 0 fully saturated rings. The molecule has 1 rings (SSSR count). The van der Waals surface area contributed by atoms with E-state index in [0.717, 1.165) is 0 Å². The fraction of sp³-hybridized carbons (Fsp3) is 0.200. The molecule has 0 aliphatic heterocycles. The molecule has 0 spiro atoms. The first-order chi connectivity index (χ1) is 6.69. The SMILES string of the molecule is COc1cc(=O)oc(C=CC=O)c1C. The highest BCUT2D eigenvalue weighted by Crippen LogP contribution is 2.19. The molecule has 74 valence electrons. The van der Waals surface area contributed by atoms with Gasteiger partial charge in [-0.15, -0.1) is 0 Å². The van der Waals surface area contributed by atoms with Gasteiger partial charge in [-0.05, 0) is 19.1 Å². The summed E-state index contributed by atoms with van der Waals surface area (Å²) >= 11 is 0. The molecule has 0 radical (unpaired) electrons. The van der Waals surface area contributed by atoms with E-state index in [9.17, 15) is 9.59 Å². The molecule has 0 aromatic carbocycles. The molecule has 1 heterocycles. The third-order valence-electron chi connectivity index (χ3n) is 1.74. The van der Waals surface area contributed by atoms with Gasteiger partial charge in [-0.2, -0.15) is 0 Å². The van der Waals surface area contributed by atoms with Gasteiger partial charge in [0.1, 0.15) is 17.8 Å². The predicted octanol–water partition coefficient (Wildman–Crippen LogP) is 1.17. The van der Waals surface area contributed by atoms with Crippen molar-refractivity contribution in [2.24, 2.45) is 0 Å². The summed E-state index contributed by atoms with van der Waals surface area (Å²) in [6.45, 7) is 1.74. The van der Waals surface area contributed by atoms with Crippen LogP contribution in [0.4, 0.5) is 0 Å². The van der Waals surface area contributed by atoms with Crippen molar-refractivity contribution in [1.29, 1.82) is 0 Å². The Balaban J connectivity index is 3.28. The van der Waals surface area contributed by atoms with Gasteiger partial charge < -0.3 is 9.15 Å². The Hall–Kier alpha value is -1.84. The molecule has 1 aromatic rings. The molecule has 0 saturated heterocycles. The predicted molar refractivity (Wildman–Crippen MR) is 51.4 cm³/mol. The van der Waals surface area contributed by atoms with Gasteiger partial charge in [-0.25, -0.2) is 4.79 Å². The fourth-order valence-electron chi connectivity index (χ4n) is 1.05. The molecule has 0 aliphatic carbocycles. The summed E-state index contributed by atoms with van der Waals surface area (Å²) in [5, 5.41) is 0. The lowest BCUT2D eigenvalue weighted by molar-refractivity contribution is -0.104. The van der Waals surface area contributed by atoms with Crippen molar-refractivity contribution in [3.8, 4) is 5.75 Å². The molecule has 4 heteroatoms. The molecule has 0 unspecified atom stereocenters. The largest absolute Gasteiger partial charge is 0.496 e. The summed E-state index contributed by atoms with van der Waals surface area (Å²) < 4.78 is 9.84. The first-order valence-electron chi connectivity index (χ1n) is 3.99. The van der Waals surface area contributed by atoms with E-state index in [1.54, 1.807) is 6.92 Å². The van der Waals surface area contributed by atoms with Crippen LogP contribution in [0, 0.1) is 6.92 Å². The van der Waals surface area contributed by atoms with Gasteiger partial charge in [-0.3, -0.25) is 4.79 Å². The lowest BCUT2D eigenvalue weighted by Crippen LogP contribution is -2.02. The Kier molecular flexibility index (Phi) is 3.23. The van der Waals surface area contributed by atoms with E-state index < -0.39 is 5.63 Å². The van der Waals surface area contributed by atoms with Crippen LogP contribution in [0.5, 0.6) is 5.75 Å². The van der Waals surface area contributed by atoms with E-state index in [1.807, 2.05) is 0 Å². The molecule has 0 bridgehead atoms. The average molecular weight is 194 g/mol. The molecule has 0 N–H and O–H groups in total. The second-order valence-corrected chi connectivity index (χ2v) is 2.62. The maximum atomic E-state index is 11.0. The van der Waals surface area contributed by atoms with E-state index in [1.165, 1.54) is 25.3 Å². The van der Waals surface area contributed by atoms with Crippen molar-refractivity contribution in [3.05, 3.63) is 33.9 Å². The van der Waals surface area contributed by atoms with Crippen LogP contribution in [-0.4, -0.2) is 13.4 Å². The molecule has 0 aliphatic rings. The highest BCUT2D eigenvalue weighted by Gasteiger charge is 2.06. The number of aldehydes is 1. The van der Waals surface area contributed by atoms with Crippen molar-refractivity contribution >= 4 is 12.4 Å². The van der Waals surface area contributed by atoms with Gasteiger partial charge in [0.05, 0.1) is 13.2 Å². The van der Waals surface area contributed by atoms with Crippen LogP contribution in [-0.2, 0) is 4.79 Å². The number of carbonyl (C=O) groups excluding carboxylic acids is 1. The molecule has 0 atom stereocenters. The maximum absolute atomic E-state index is 11.0. The van der Waals surface area contributed by atoms with Crippen LogP contribution < -0.4 is 10.4 Å². The molecule has 0 saturated carbocycles. The zero-order valence-corrected chi connectivity index (χ0v) is 7.94. The number of hydrogen-bond donors (Lipinski definition) is 0. The van der Waals surface area contributed by atoms with Gasteiger partial charge in [0.15, 0.2) is 0 Å². The summed E-state index contributed by atoms with van der Waals surface area (Å²) in [7, 11) is 1.47. The fourth-order valence-corrected chi connectivity index (χ4v) is 1.05. The Morgan fingerprint density at radius 3 is 2.79 bits per heavy atom.